The minimum Gasteiger partial charge on any atom is -0.296 e. The second-order valence-electron chi connectivity index (χ2n) is 7.01. The zero-order valence-electron chi connectivity index (χ0n) is 14.5. The van der Waals surface area contributed by atoms with Gasteiger partial charge in [0.25, 0.3) is 6.08 Å². The number of nitrogens with zero attached hydrogens (tertiary/aromatic N) is 2. The predicted octanol–water partition coefficient (Wildman–Crippen LogP) is 5.63. The number of aryl methyl sites for hydroxylation is 1. The first-order chi connectivity index (χ1) is 12.2. The van der Waals surface area contributed by atoms with Crippen molar-refractivity contribution in [1.29, 1.82) is 0 Å². The highest BCUT2D eigenvalue weighted by Gasteiger charge is 2.23. The molecule has 1 aliphatic rings. The molecule has 4 rings (SSSR count). The maximum Gasteiger partial charge on any atom is 0.289 e. The lowest BCUT2D eigenvalue weighted by Gasteiger charge is -2.23. The number of aromatic nitrogens is 2. The van der Waals surface area contributed by atoms with Gasteiger partial charge >= 0.3 is 0 Å². The SMILES string of the molecule is Cc1cc(C2CCCC2)ccc1C(c1ccccc1)n1ccnc1F. The second-order valence-corrected chi connectivity index (χ2v) is 7.01. The van der Waals surface area contributed by atoms with Gasteiger partial charge in [-0.3, -0.25) is 4.57 Å². The third kappa shape index (κ3) is 3.11. The van der Waals surface area contributed by atoms with Crippen LogP contribution in [0.2, 0.25) is 0 Å². The molecule has 1 atom stereocenters. The van der Waals surface area contributed by atoms with Gasteiger partial charge in [0.1, 0.15) is 0 Å². The maximum absolute atomic E-state index is 14.3. The van der Waals surface area contributed by atoms with Crippen molar-refractivity contribution in [3.8, 4) is 0 Å². The summed E-state index contributed by atoms with van der Waals surface area (Å²) in [6.45, 7) is 2.14. The Kier molecular flexibility index (Phi) is 4.39. The van der Waals surface area contributed by atoms with Gasteiger partial charge in [-0.2, -0.15) is 4.39 Å². The van der Waals surface area contributed by atoms with Gasteiger partial charge in [0.05, 0.1) is 6.04 Å². The Hall–Kier alpha value is -2.42. The molecule has 3 aromatic rings. The van der Waals surface area contributed by atoms with E-state index in [0.29, 0.717) is 5.92 Å². The van der Waals surface area contributed by atoms with Crippen LogP contribution in [0.5, 0.6) is 0 Å². The molecular weight excluding hydrogens is 311 g/mol. The summed E-state index contributed by atoms with van der Waals surface area (Å²) >= 11 is 0. The number of benzene rings is 2. The number of hydrogen-bond donors (Lipinski definition) is 0. The smallest absolute Gasteiger partial charge is 0.289 e. The van der Waals surface area contributed by atoms with E-state index in [4.69, 9.17) is 0 Å². The Labute approximate surface area is 148 Å². The Balaban J connectivity index is 1.78. The minimum atomic E-state index is -0.451. The molecule has 1 heterocycles. The fourth-order valence-electron chi connectivity index (χ4n) is 4.13. The lowest BCUT2D eigenvalue weighted by molar-refractivity contribution is 0.458. The largest absolute Gasteiger partial charge is 0.296 e. The van der Waals surface area contributed by atoms with Crippen LogP contribution < -0.4 is 0 Å². The van der Waals surface area contributed by atoms with Crippen LogP contribution in [0.3, 0.4) is 0 Å². The van der Waals surface area contributed by atoms with Crippen molar-refractivity contribution in [3.05, 3.63) is 89.3 Å². The summed E-state index contributed by atoms with van der Waals surface area (Å²) in [6.07, 6.45) is 8.03. The summed E-state index contributed by atoms with van der Waals surface area (Å²) in [7, 11) is 0. The highest BCUT2D eigenvalue weighted by atomic mass is 19.1. The Morgan fingerprint density at radius 2 is 1.84 bits per heavy atom. The van der Waals surface area contributed by atoms with E-state index >= 15 is 0 Å². The Morgan fingerprint density at radius 3 is 2.48 bits per heavy atom. The van der Waals surface area contributed by atoms with Crippen LogP contribution in [0.4, 0.5) is 4.39 Å². The lowest BCUT2D eigenvalue weighted by atomic mass is 9.89. The summed E-state index contributed by atoms with van der Waals surface area (Å²) in [6, 6.07) is 16.6. The molecule has 2 nitrogen and oxygen atoms in total. The normalized spacial score (nSPS) is 16.2. The van der Waals surface area contributed by atoms with Crippen LogP contribution in [0, 0.1) is 13.0 Å². The molecule has 1 aromatic heterocycles. The molecule has 25 heavy (non-hydrogen) atoms. The van der Waals surface area contributed by atoms with Gasteiger partial charge < -0.3 is 0 Å². The van der Waals surface area contributed by atoms with E-state index in [-0.39, 0.29) is 6.04 Å². The minimum absolute atomic E-state index is 0.193. The summed E-state index contributed by atoms with van der Waals surface area (Å²) < 4.78 is 15.9. The van der Waals surface area contributed by atoms with E-state index in [9.17, 15) is 4.39 Å². The molecule has 0 spiro atoms. The zero-order chi connectivity index (χ0) is 17.2. The van der Waals surface area contributed by atoms with E-state index in [0.717, 1.165) is 11.1 Å². The van der Waals surface area contributed by atoms with Crippen molar-refractivity contribution in [2.45, 2.75) is 44.6 Å². The average Bonchev–Trinajstić information content (AvgIpc) is 3.30. The second kappa shape index (κ2) is 6.83. The van der Waals surface area contributed by atoms with Crippen molar-refractivity contribution in [2.24, 2.45) is 0 Å². The maximum atomic E-state index is 14.3. The van der Waals surface area contributed by atoms with E-state index in [1.54, 1.807) is 10.8 Å². The van der Waals surface area contributed by atoms with Crippen LogP contribution in [0.1, 0.15) is 59.9 Å². The Bertz CT molecular complexity index is 847. The number of rotatable bonds is 4. The number of halogens is 1. The highest BCUT2D eigenvalue weighted by Crippen LogP contribution is 2.37. The van der Waals surface area contributed by atoms with E-state index in [2.05, 4.69) is 42.2 Å². The van der Waals surface area contributed by atoms with Crippen molar-refractivity contribution in [3.63, 3.8) is 0 Å². The van der Waals surface area contributed by atoms with Crippen molar-refractivity contribution in [1.82, 2.24) is 9.55 Å². The summed E-state index contributed by atoms with van der Waals surface area (Å²) in [4.78, 5) is 3.80. The molecular formula is C22H23FN2. The molecule has 3 heteroatoms. The van der Waals surface area contributed by atoms with Crippen LogP contribution in [0.25, 0.3) is 0 Å². The molecule has 0 aliphatic heterocycles. The molecule has 0 bridgehead atoms. The third-order valence-corrected chi connectivity index (χ3v) is 5.43. The number of imidazole rings is 1. The Morgan fingerprint density at radius 1 is 1.08 bits per heavy atom. The quantitative estimate of drug-likeness (QED) is 0.605. The van der Waals surface area contributed by atoms with Crippen molar-refractivity contribution < 1.29 is 4.39 Å². The van der Waals surface area contributed by atoms with Crippen molar-refractivity contribution >= 4 is 0 Å². The first-order valence-corrected chi connectivity index (χ1v) is 9.08. The van der Waals surface area contributed by atoms with Crippen molar-refractivity contribution in [2.75, 3.05) is 0 Å². The predicted molar refractivity (Wildman–Crippen MR) is 98.3 cm³/mol. The topological polar surface area (TPSA) is 17.8 Å². The molecule has 1 saturated carbocycles. The number of hydrogen-bond acceptors (Lipinski definition) is 1. The van der Waals surface area contributed by atoms with Gasteiger partial charge in [0.15, 0.2) is 0 Å². The monoisotopic (exact) mass is 334 g/mol. The molecule has 0 amide bonds. The average molecular weight is 334 g/mol. The van der Waals surface area contributed by atoms with Gasteiger partial charge in [0.2, 0.25) is 0 Å². The third-order valence-electron chi connectivity index (χ3n) is 5.43. The van der Waals surface area contributed by atoms with Crippen LogP contribution in [-0.2, 0) is 0 Å². The van der Waals surface area contributed by atoms with Gasteiger partial charge in [-0.25, -0.2) is 4.98 Å². The van der Waals surface area contributed by atoms with Crippen LogP contribution in [-0.4, -0.2) is 9.55 Å². The molecule has 1 fully saturated rings. The van der Waals surface area contributed by atoms with E-state index < -0.39 is 6.08 Å². The van der Waals surface area contributed by atoms with Crippen LogP contribution >= 0.6 is 0 Å². The standard InChI is InChI=1S/C22H23FN2/c1-16-15-19(17-7-5-6-8-17)11-12-20(16)21(18-9-3-2-4-10-18)25-14-13-24-22(25)23/h2-4,9-15,17,21H,5-8H2,1H3. The van der Waals surface area contributed by atoms with Gasteiger partial charge in [-0.15, -0.1) is 0 Å². The summed E-state index contributed by atoms with van der Waals surface area (Å²) in [5, 5.41) is 0. The molecule has 1 unspecified atom stereocenters. The fraction of sp³-hybridized carbons (Fsp3) is 0.318. The lowest BCUT2D eigenvalue weighted by Crippen LogP contribution is -2.15. The van der Waals surface area contributed by atoms with Crippen LogP contribution in [0.15, 0.2) is 60.9 Å². The van der Waals surface area contributed by atoms with E-state index in [1.165, 1.54) is 43.0 Å². The molecule has 2 aromatic carbocycles. The molecule has 0 N–H and O–H groups in total. The molecule has 0 saturated heterocycles. The summed E-state index contributed by atoms with van der Waals surface area (Å²) in [5.74, 6) is 0.688. The van der Waals surface area contributed by atoms with Gasteiger partial charge in [0, 0.05) is 12.4 Å². The molecule has 128 valence electrons. The molecule has 0 radical (unpaired) electrons. The first-order valence-electron chi connectivity index (χ1n) is 9.08. The first kappa shape index (κ1) is 16.1. The fourth-order valence-corrected chi connectivity index (χ4v) is 4.13. The highest BCUT2D eigenvalue weighted by molar-refractivity contribution is 5.41. The molecule has 1 aliphatic carbocycles. The summed E-state index contributed by atoms with van der Waals surface area (Å²) in [5.41, 5.74) is 4.84. The van der Waals surface area contributed by atoms with Gasteiger partial charge in [-0.05, 0) is 47.9 Å². The van der Waals surface area contributed by atoms with Gasteiger partial charge in [-0.1, -0.05) is 61.4 Å². The van der Waals surface area contributed by atoms with E-state index in [1.807, 2.05) is 18.2 Å². The zero-order valence-corrected chi connectivity index (χ0v) is 14.5.